The van der Waals surface area contributed by atoms with Gasteiger partial charge in [0.2, 0.25) is 5.91 Å². The normalized spacial score (nSPS) is 12.4. The van der Waals surface area contributed by atoms with E-state index in [9.17, 15) is 4.79 Å². The number of carbonyl (C=O) groups excluding carboxylic acids is 1. The van der Waals surface area contributed by atoms with E-state index in [1.54, 1.807) is 18.6 Å². The third-order valence-corrected chi connectivity index (χ3v) is 6.25. The first-order valence-electron chi connectivity index (χ1n) is 12.9. The Kier molecular flexibility index (Phi) is 7.19. The molecule has 0 aromatic carbocycles. The van der Waals surface area contributed by atoms with Crippen LogP contribution in [0.2, 0.25) is 0 Å². The number of nitrogens with one attached hydrogen (secondary N) is 3. The van der Waals surface area contributed by atoms with Crippen LogP contribution in [-0.2, 0) is 4.79 Å². The van der Waals surface area contributed by atoms with Crippen LogP contribution < -0.4 is 5.32 Å². The molecule has 0 saturated carbocycles. The van der Waals surface area contributed by atoms with Gasteiger partial charge in [-0.2, -0.15) is 5.10 Å². The van der Waals surface area contributed by atoms with Crippen LogP contribution in [0.4, 0.5) is 0 Å². The van der Waals surface area contributed by atoms with E-state index >= 15 is 0 Å². The molecule has 5 aromatic rings. The van der Waals surface area contributed by atoms with Crippen molar-refractivity contribution in [3.63, 3.8) is 0 Å². The number of hydrogen-bond acceptors (Lipinski definition) is 5. The van der Waals surface area contributed by atoms with Crippen molar-refractivity contribution in [2.75, 3.05) is 0 Å². The summed E-state index contributed by atoms with van der Waals surface area (Å²) in [5, 5.41) is 12.5. The molecule has 0 spiro atoms. The molecule has 0 unspecified atom stereocenters. The Morgan fingerprint density at radius 2 is 1.85 bits per heavy atom. The first-order chi connectivity index (χ1) is 18.8. The molecule has 3 N–H and O–H groups in total. The molecule has 5 rings (SSSR count). The van der Waals surface area contributed by atoms with E-state index in [1.807, 2.05) is 64.4 Å². The topological polar surface area (TPSA) is 112 Å². The van der Waals surface area contributed by atoms with Gasteiger partial charge in [0.1, 0.15) is 0 Å². The highest BCUT2D eigenvalue weighted by Crippen LogP contribution is 2.34. The number of aromatic amines is 2. The van der Waals surface area contributed by atoms with E-state index in [0.717, 1.165) is 61.2 Å². The third-order valence-electron chi connectivity index (χ3n) is 6.25. The number of H-pyrrole nitrogens is 2. The van der Waals surface area contributed by atoms with Gasteiger partial charge in [-0.3, -0.25) is 19.9 Å². The van der Waals surface area contributed by atoms with Crippen molar-refractivity contribution >= 4 is 33.4 Å². The smallest absolute Gasteiger partial charge is 0.224 e. The summed E-state index contributed by atoms with van der Waals surface area (Å²) in [5.74, 6) is 0.286. The summed E-state index contributed by atoms with van der Waals surface area (Å²) < 4.78 is 0. The highest BCUT2D eigenvalue weighted by Gasteiger charge is 2.15. The van der Waals surface area contributed by atoms with Crippen LogP contribution in [0.3, 0.4) is 0 Å². The zero-order chi connectivity index (χ0) is 27.5. The van der Waals surface area contributed by atoms with Crippen molar-refractivity contribution in [1.82, 2.24) is 35.5 Å². The van der Waals surface area contributed by atoms with Crippen LogP contribution in [0.25, 0.3) is 50.0 Å². The second kappa shape index (κ2) is 10.9. The lowest BCUT2D eigenvalue weighted by molar-refractivity contribution is -0.121. The second-order valence-corrected chi connectivity index (χ2v) is 10.2. The maximum absolute atomic E-state index is 12.3. The minimum absolute atomic E-state index is 0.00133. The predicted octanol–water partition coefficient (Wildman–Crippen LogP) is 6.59. The number of nitrogens with zero attached hydrogens (tertiary/aromatic N) is 4. The zero-order valence-corrected chi connectivity index (χ0v) is 22.5. The van der Waals surface area contributed by atoms with Crippen LogP contribution in [0.15, 0.2) is 85.3 Å². The Labute approximate surface area is 227 Å². The summed E-state index contributed by atoms with van der Waals surface area (Å²) in [4.78, 5) is 29.0. The molecule has 0 atom stereocenters. The molecule has 0 aliphatic heterocycles. The van der Waals surface area contributed by atoms with Crippen molar-refractivity contribution in [1.29, 1.82) is 0 Å². The standard InChI is InChI=1S/C31H31N7O/c1-18(2)10-22(12-20(5)35-29(39)11-19(3)4)23-13-25-30(37-38-31(25)34-15-23)27-14-24-26(16-33-17-28(24)36-27)21-6-8-32-9-7-21/h6-10,12-17,19,36H,1,11H2,2-5H3,(H,35,39)(H,34,37,38)/b20-12+,22-10+. The Morgan fingerprint density at radius 3 is 2.59 bits per heavy atom. The highest BCUT2D eigenvalue weighted by molar-refractivity contribution is 6.00. The van der Waals surface area contributed by atoms with E-state index in [0.29, 0.717) is 12.1 Å². The fourth-order valence-corrected chi connectivity index (χ4v) is 4.60. The van der Waals surface area contributed by atoms with Crippen molar-refractivity contribution in [3.05, 3.63) is 90.8 Å². The Morgan fingerprint density at radius 1 is 1.05 bits per heavy atom. The van der Waals surface area contributed by atoms with Gasteiger partial charge in [-0.15, -0.1) is 0 Å². The number of hydrogen-bond donors (Lipinski definition) is 3. The van der Waals surface area contributed by atoms with Crippen molar-refractivity contribution < 1.29 is 4.79 Å². The Balaban J connectivity index is 1.55. The average Bonchev–Trinajstić information content (AvgIpc) is 3.51. The quantitative estimate of drug-likeness (QED) is 0.201. The maximum Gasteiger partial charge on any atom is 0.224 e. The van der Waals surface area contributed by atoms with E-state index in [2.05, 4.69) is 54.2 Å². The van der Waals surface area contributed by atoms with E-state index < -0.39 is 0 Å². The van der Waals surface area contributed by atoms with Crippen LogP contribution >= 0.6 is 0 Å². The van der Waals surface area contributed by atoms with Crippen molar-refractivity contribution in [2.45, 2.75) is 34.1 Å². The summed E-state index contributed by atoms with van der Waals surface area (Å²) in [6, 6.07) is 8.11. The number of rotatable bonds is 8. The van der Waals surface area contributed by atoms with Gasteiger partial charge in [-0.25, -0.2) is 4.98 Å². The number of fused-ring (bicyclic) bond motifs is 2. The molecule has 8 nitrogen and oxygen atoms in total. The first kappa shape index (κ1) is 25.8. The summed E-state index contributed by atoms with van der Waals surface area (Å²) in [7, 11) is 0. The molecule has 5 heterocycles. The second-order valence-electron chi connectivity index (χ2n) is 10.2. The van der Waals surface area contributed by atoms with Gasteiger partial charge in [0, 0.05) is 58.8 Å². The molecular formula is C31H31N7O. The van der Waals surface area contributed by atoms with Gasteiger partial charge < -0.3 is 10.3 Å². The number of pyridine rings is 3. The van der Waals surface area contributed by atoms with Gasteiger partial charge in [-0.1, -0.05) is 32.1 Å². The molecule has 0 bridgehead atoms. The van der Waals surface area contributed by atoms with Gasteiger partial charge in [-0.05, 0) is 61.2 Å². The van der Waals surface area contributed by atoms with Crippen molar-refractivity contribution in [2.24, 2.45) is 5.92 Å². The molecular weight excluding hydrogens is 486 g/mol. The zero-order valence-electron chi connectivity index (χ0n) is 22.5. The minimum Gasteiger partial charge on any atom is -0.352 e. The van der Waals surface area contributed by atoms with E-state index in [1.165, 1.54) is 0 Å². The van der Waals surface area contributed by atoms with E-state index in [4.69, 9.17) is 0 Å². The molecule has 5 aromatic heterocycles. The Bertz CT molecular complexity index is 1740. The fraction of sp³-hybridized carbons (Fsp3) is 0.194. The van der Waals surface area contributed by atoms with Gasteiger partial charge in [0.25, 0.3) is 0 Å². The average molecular weight is 518 g/mol. The summed E-state index contributed by atoms with van der Waals surface area (Å²) in [6.45, 7) is 11.9. The molecule has 196 valence electrons. The molecule has 0 fully saturated rings. The number of carbonyl (C=O) groups is 1. The first-order valence-corrected chi connectivity index (χ1v) is 12.9. The maximum atomic E-state index is 12.3. The highest BCUT2D eigenvalue weighted by atomic mass is 16.1. The summed E-state index contributed by atoms with van der Waals surface area (Å²) >= 11 is 0. The van der Waals surface area contributed by atoms with Crippen LogP contribution in [0, 0.1) is 5.92 Å². The van der Waals surface area contributed by atoms with Gasteiger partial charge >= 0.3 is 0 Å². The molecule has 0 saturated heterocycles. The molecule has 1 amide bonds. The van der Waals surface area contributed by atoms with Gasteiger partial charge in [0.15, 0.2) is 5.65 Å². The molecule has 0 aliphatic carbocycles. The lowest BCUT2D eigenvalue weighted by Gasteiger charge is -2.10. The lowest BCUT2D eigenvalue weighted by atomic mass is 10.0. The molecule has 39 heavy (non-hydrogen) atoms. The minimum atomic E-state index is -0.00133. The summed E-state index contributed by atoms with van der Waals surface area (Å²) in [6.07, 6.45) is 13.4. The number of amides is 1. The van der Waals surface area contributed by atoms with Gasteiger partial charge in [0.05, 0.1) is 23.1 Å². The predicted molar refractivity (Wildman–Crippen MR) is 156 cm³/mol. The summed E-state index contributed by atoms with van der Waals surface area (Å²) in [5.41, 5.74) is 8.74. The monoisotopic (exact) mass is 517 g/mol. The molecule has 0 aliphatic rings. The Hall–Kier alpha value is -4.85. The third kappa shape index (κ3) is 5.70. The van der Waals surface area contributed by atoms with Crippen LogP contribution in [0.1, 0.15) is 39.7 Å². The largest absolute Gasteiger partial charge is 0.352 e. The van der Waals surface area contributed by atoms with Crippen LogP contribution in [0.5, 0.6) is 0 Å². The fourth-order valence-electron chi connectivity index (χ4n) is 4.60. The number of aromatic nitrogens is 6. The lowest BCUT2D eigenvalue weighted by Crippen LogP contribution is -2.22. The molecule has 8 heteroatoms. The van der Waals surface area contributed by atoms with E-state index in [-0.39, 0.29) is 11.8 Å². The molecule has 0 radical (unpaired) electrons. The van der Waals surface area contributed by atoms with Crippen LogP contribution in [-0.4, -0.2) is 36.0 Å². The SMILES string of the molecule is C=C(C)/C=C(\C=C(/C)NC(=O)CC(C)C)c1cnc2n[nH]c(-c3cc4c(-c5ccncc5)cncc4[nH]3)c2c1. The number of allylic oxidation sites excluding steroid dienone is 5. The van der Waals surface area contributed by atoms with Crippen molar-refractivity contribution in [3.8, 4) is 22.5 Å².